The van der Waals surface area contributed by atoms with Gasteiger partial charge < -0.3 is 5.32 Å². The van der Waals surface area contributed by atoms with E-state index in [1.54, 1.807) is 6.92 Å². The zero-order chi connectivity index (χ0) is 23.4. The fourth-order valence-electron chi connectivity index (χ4n) is 3.58. The van der Waals surface area contributed by atoms with Crippen LogP contribution < -0.4 is 10.0 Å². The van der Waals surface area contributed by atoms with Crippen LogP contribution in [-0.2, 0) is 24.8 Å². The van der Waals surface area contributed by atoms with Crippen LogP contribution in [0.3, 0.4) is 0 Å². The summed E-state index contributed by atoms with van der Waals surface area (Å²) < 4.78 is 67.0. The van der Waals surface area contributed by atoms with Gasteiger partial charge in [0.1, 0.15) is 11.9 Å². The van der Waals surface area contributed by atoms with Crippen LogP contribution >= 0.6 is 0 Å². The second-order valence-corrected chi connectivity index (χ2v) is 11.3. The first-order valence-electron chi connectivity index (χ1n) is 10.3. The molecule has 0 saturated carbocycles. The lowest BCUT2D eigenvalue weighted by Gasteiger charge is -2.33. The highest BCUT2D eigenvalue weighted by Crippen LogP contribution is 2.24. The van der Waals surface area contributed by atoms with Crippen LogP contribution in [0.1, 0.15) is 32.6 Å². The number of anilines is 2. The number of benzene rings is 2. The van der Waals surface area contributed by atoms with Crippen LogP contribution in [0.25, 0.3) is 0 Å². The maximum Gasteiger partial charge on any atom is 0.261 e. The van der Waals surface area contributed by atoms with Gasteiger partial charge in [-0.05, 0) is 61.7 Å². The maximum atomic E-state index is 13.3. The van der Waals surface area contributed by atoms with E-state index in [0.29, 0.717) is 31.5 Å². The lowest BCUT2D eigenvalue weighted by molar-refractivity contribution is -0.120. The van der Waals surface area contributed by atoms with Crippen molar-refractivity contribution >= 4 is 37.3 Å². The number of nitrogens with zero attached hydrogens (tertiary/aromatic N) is 1. The minimum atomic E-state index is -3.95. The van der Waals surface area contributed by atoms with E-state index in [2.05, 4.69) is 10.0 Å². The number of sulfonamides is 2. The predicted molar refractivity (Wildman–Crippen MR) is 121 cm³/mol. The number of carbonyl (C=O) groups excluding carboxylic acids is 1. The average molecular weight is 484 g/mol. The van der Waals surface area contributed by atoms with E-state index in [-0.39, 0.29) is 16.3 Å². The first-order valence-corrected chi connectivity index (χ1v) is 13.4. The third-order valence-electron chi connectivity index (χ3n) is 5.08. The summed E-state index contributed by atoms with van der Waals surface area (Å²) in [6.45, 7) is 2.08. The second-order valence-electron chi connectivity index (χ2n) is 7.57. The van der Waals surface area contributed by atoms with Gasteiger partial charge in [-0.15, -0.1) is 0 Å². The van der Waals surface area contributed by atoms with E-state index in [1.165, 1.54) is 46.8 Å². The van der Waals surface area contributed by atoms with E-state index < -0.39 is 37.8 Å². The molecular weight excluding hydrogens is 457 g/mol. The number of halogens is 1. The molecule has 2 aromatic carbocycles. The van der Waals surface area contributed by atoms with Crippen molar-refractivity contribution in [2.45, 2.75) is 43.5 Å². The summed E-state index contributed by atoms with van der Waals surface area (Å²) in [5, 5.41) is 2.68. The highest BCUT2D eigenvalue weighted by molar-refractivity contribution is 7.92. The van der Waals surface area contributed by atoms with Gasteiger partial charge in [0.2, 0.25) is 15.9 Å². The Morgan fingerprint density at radius 2 is 1.78 bits per heavy atom. The SMILES string of the molecule is CCCS(=O)(=O)N1CCCCC1C(=O)Nc1ccc(S(=O)(=O)Nc2cccc(F)c2)cc1. The highest BCUT2D eigenvalue weighted by atomic mass is 32.2. The smallest absolute Gasteiger partial charge is 0.261 e. The van der Waals surface area contributed by atoms with Gasteiger partial charge in [-0.2, -0.15) is 4.31 Å². The molecule has 0 radical (unpaired) electrons. The predicted octanol–water partition coefficient (Wildman–Crippen LogP) is 3.16. The van der Waals surface area contributed by atoms with Crippen molar-refractivity contribution in [3.8, 4) is 0 Å². The Morgan fingerprint density at radius 1 is 1.06 bits per heavy atom. The Morgan fingerprint density at radius 3 is 2.44 bits per heavy atom. The summed E-state index contributed by atoms with van der Waals surface area (Å²) in [4.78, 5) is 12.7. The Labute approximate surface area is 187 Å². The van der Waals surface area contributed by atoms with Gasteiger partial charge in [-0.3, -0.25) is 9.52 Å². The molecule has 1 heterocycles. The Bertz CT molecular complexity index is 1170. The van der Waals surface area contributed by atoms with Crippen molar-refractivity contribution in [3.63, 3.8) is 0 Å². The molecule has 2 N–H and O–H groups in total. The van der Waals surface area contributed by atoms with Gasteiger partial charge in [0.15, 0.2) is 0 Å². The van der Waals surface area contributed by atoms with Gasteiger partial charge in [0.05, 0.1) is 16.3 Å². The van der Waals surface area contributed by atoms with Gasteiger partial charge in [0, 0.05) is 12.2 Å². The number of amides is 1. The summed E-state index contributed by atoms with van der Waals surface area (Å²) in [6.07, 6.45) is 2.35. The van der Waals surface area contributed by atoms with Crippen LogP contribution in [0.2, 0.25) is 0 Å². The molecule has 0 bridgehead atoms. The molecular formula is C21H26FN3O5S2. The molecule has 1 amide bonds. The molecule has 8 nitrogen and oxygen atoms in total. The quantitative estimate of drug-likeness (QED) is 0.599. The molecule has 1 aliphatic heterocycles. The third-order valence-corrected chi connectivity index (χ3v) is 8.56. The summed E-state index contributed by atoms with van der Waals surface area (Å²) in [5.74, 6) is -1.03. The number of nitrogens with one attached hydrogen (secondary N) is 2. The molecule has 11 heteroatoms. The first kappa shape index (κ1) is 24.1. The van der Waals surface area contributed by atoms with Crippen molar-refractivity contribution < 1.29 is 26.0 Å². The number of carbonyl (C=O) groups is 1. The Kier molecular flexibility index (Phi) is 7.52. The van der Waals surface area contributed by atoms with E-state index in [9.17, 15) is 26.0 Å². The first-order chi connectivity index (χ1) is 15.1. The average Bonchev–Trinajstić information content (AvgIpc) is 2.74. The summed E-state index contributed by atoms with van der Waals surface area (Å²) in [6, 6.07) is 9.76. The minimum absolute atomic E-state index is 0.0123. The van der Waals surface area contributed by atoms with Crippen LogP contribution in [0.4, 0.5) is 15.8 Å². The molecule has 0 spiro atoms. The van der Waals surface area contributed by atoms with Gasteiger partial charge in [-0.1, -0.05) is 19.4 Å². The normalized spacial score (nSPS) is 17.6. The lowest BCUT2D eigenvalue weighted by Crippen LogP contribution is -2.50. The molecule has 32 heavy (non-hydrogen) atoms. The Balaban J connectivity index is 1.71. The molecule has 1 saturated heterocycles. The van der Waals surface area contributed by atoms with Crippen molar-refractivity contribution in [1.82, 2.24) is 4.31 Å². The van der Waals surface area contributed by atoms with Crippen molar-refractivity contribution in [1.29, 1.82) is 0 Å². The molecule has 0 aliphatic carbocycles. The van der Waals surface area contributed by atoms with Crippen molar-refractivity contribution in [2.75, 3.05) is 22.3 Å². The largest absolute Gasteiger partial charge is 0.325 e. The fourth-order valence-corrected chi connectivity index (χ4v) is 6.38. The summed E-state index contributed by atoms with van der Waals surface area (Å²) in [5.41, 5.74) is 0.436. The molecule has 1 fully saturated rings. The van der Waals surface area contributed by atoms with E-state index in [1.807, 2.05) is 0 Å². The number of piperidine rings is 1. The molecule has 1 atom stereocenters. The zero-order valence-corrected chi connectivity index (χ0v) is 19.3. The monoisotopic (exact) mass is 483 g/mol. The molecule has 3 rings (SSSR count). The molecule has 1 aliphatic rings. The fraction of sp³-hybridized carbons (Fsp3) is 0.381. The standard InChI is InChI=1S/C21H26FN3O5S2/c1-2-14-31(27,28)25-13-4-3-8-20(25)21(26)23-17-9-11-19(12-10-17)32(29,30)24-18-7-5-6-16(22)15-18/h5-7,9-12,15,20,24H,2-4,8,13-14H2,1H3,(H,23,26). The second kappa shape index (κ2) is 9.97. The van der Waals surface area contributed by atoms with Crippen LogP contribution in [0, 0.1) is 5.82 Å². The molecule has 0 aromatic heterocycles. The highest BCUT2D eigenvalue weighted by Gasteiger charge is 2.36. The number of hydrogen-bond acceptors (Lipinski definition) is 5. The van der Waals surface area contributed by atoms with E-state index in [0.717, 1.165) is 12.5 Å². The lowest BCUT2D eigenvalue weighted by atomic mass is 10.0. The number of hydrogen-bond donors (Lipinski definition) is 2. The van der Waals surface area contributed by atoms with Crippen molar-refractivity contribution in [2.24, 2.45) is 0 Å². The number of rotatable bonds is 8. The van der Waals surface area contributed by atoms with Crippen LogP contribution in [0.5, 0.6) is 0 Å². The van der Waals surface area contributed by atoms with Gasteiger partial charge in [0.25, 0.3) is 10.0 Å². The van der Waals surface area contributed by atoms with Crippen LogP contribution in [0.15, 0.2) is 53.4 Å². The summed E-state index contributed by atoms with van der Waals surface area (Å²) in [7, 11) is -7.47. The molecule has 2 aromatic rings. The van der Waals surface area contributed by atoms with Gasteiger partial charge >= 0.3 is 0 Å². The molecule has 174 valence electrons. The van der Waals surface area contributed by atoms with Gasteiger partial charge in [-0.25, -0.2) is 21.2 Å². The van der Waals surface area contributed by atoms with Crippen molar-refractivity contribution in [3.05, 3.63) is 54.3 Å². The third kappa shape index (κ3) is 5.84. The topological polar surface area (TPSA) is 113 Å². The zero-order valence-electron chi connectivity index (χ0n) is 17.6. The summed E-state index contributed by atoms with van der Waals surface area (Å²) >= 11 is 0. The Hall–Kier alpha value is -2.50. The van der Waals surface area contributed by atoms with E-state index >= 15 is 0 Å². The molecule has 1 unspecified atom stereocenters. The van der Waals surface area contributed by atoms with E-state index in [4.69, 9.17) is 0 Å². The minimum Gasteiger partial charge on any atom is -0.325 e. The van der Waals surface area contributed by atoms with Crippen LogP contribution in [-0.4, -0.2) is 45.4 Å². The maximum absolute atomic E-state index is 13.3.